The average Bonchev–Trinajstić information content (AvgIpc) is 2.55. The molecule has 5 nitrogen and oxygen atoms in total. The first-order chi connectivity index (χ1) is 11.1. The monoisotopic (exact) mass is 333 g/mol. The second-order valence-corrected chi connectivity index (χ2v) is 4.88. The van der Waals surface area contributed by atoms with E-state index in [0.717, 1.165) is 0 Å². The van der Waals surface area contributed by atoms with E-state index in [2.05, 4.69) is 15.8 Å². The molecule has 2 rings (SSSR count). The maximum Gasteiger partial charge on any atom is 0.259 e. The highest BCUT2D eigenvalue weighted by molar-refractivity contribution is 6.33. The maximum absolute atomic E-state index is 13.4. The van der Waals surface area contributed by atoms with Crippen molar-refractivity contribution in [2.45, 2.75) is 0 Å². The molecule has 0 spiro atoms. The lowest BCUT2D eigenvalue weighted by Crippen LogP contribution is -2.35. The van der Waals surface area contributed by atoms with Gasteiger partial charge in [-0.15, -0.1) is 0 Å². The van der Waals surface area contributed by atoms with Gasteiger partial charge in [-0.05, 0) is 18.2 Å². The van der Waals surface area contributed by atoms with Crippen LogP contribution in [-0.4, -0.2) is 24.6 Å². The quantitative estimate of drug-likeness (QED) is 0.651. The van der Waals surface area contributed by atoms with Crippen molar-refractivity contribution in [3.8, 4) is 0 Å². The summed E-state index contributed by atoms with van der Waals surface area (Å²) in [5, 5.41) is 6.54. The van der Waals surface area contributed by atoms with Crippen molar-refractivity contribution in [1.82, 2.24) is 10.7 Å². The zero-order chi connectivity index (χ0) is 16.7. The molecule has 2 aromatic rings. The number of hydrogen-bond acceptors (Lipinski definition) is 3. The zero-order valence-electron chi connectivity index (χ0n) is 11.9. The summed E-state index contributed by atoms with van der Waals surface area (Å²) in [6, 6.07) is 12.5. The molecule has 2 aromatic carbocycles. The molecule has 23 heavy (non-hydrogen) atoms. The van der Waals surface area contributed by atoms with E-state index in [1.54, 1.807) is 24.3 Å². The van der Waals surface area contributed by atoms with Crippen molar-refractivity contribution >= 4 is 29.6 Å². The van der Waals surface area contributed by atoms with Gasteiger partial charge in [0.05, 0.1) is 18.3 Å². The van der Waals surface area contributed by atoms with E-state index in [1.807, 2.05) is 0 Å². The Kier molecular flexibility index (Phi) is 5.82. The van der Waals surface area contributed by atoms with Gasteiger partial charge >= 0.3 is 0 Å². The number of carbonyl (C=O) groups is 2. The topological polar surface area (TPSA) is 70.6 Å². The van der Waals surface area contributed by atoms with Gasteiger partial charge in [0.15, 0.2) is 0 Å². The van der Waals surface area contributed by atoms with Crippen molar-refractivity contribution in [3.63, 3.8) is 0 Å². The molecule has 0 heterocycles. The SMILES string of the molecule is O=C(CNC(=O)c1ccccc1F)N/N=C/c1ccccc1Cl. The van der Waals surface area contributed by atoms with Gasteiger partial charge in [0.1, 0.15) is 5.82 Å². The fourth-order valence-corrected chi connectivity index (χ4v) is 1.88. The van der Waals surface area contributed by atoms with E-state index in [4.69, 9.17) is 11.6 Å². The third-order valence-electron chi connectivity index (χ3n) is 2.83. The highest BCUT2D eigenvalue weighted by atomic mass is 35.5. The van der Waals surface area contributed by atoms with E-state index >= 15 is 0 Å². The molecule has 0 aliphatic rings. The molecule has 0 saturated carbocycles. The normalized spacial score (nSPS) is 10.5. The Balaban J connectivity index is 1.83. The number of rotatable bonds is 5. The van der Waals surface area contributed by atoms with E-state index in [0.29, 0.717) is 10.6 Å². The van der Waals surface area contributed by atoms with Crippen molar-refractivity contribution < 1.29 is 14.0 Å². The van der Waals surface area contributed by atoms with Crippen molar-refractivity contribution in [2.75, 3.05) is 6.54 Å². The number of nitrogens with one attached hydrogen (secondary N) is 2. The van der Waals surface area contributed by atoms with Gasteiger partial charge < -0.3 is 5.32 Å². The summed E-state index contributed by atoms with van der Waals surface area (Å²) in [6.45, 7) is -0.326. The highest BCUT2D eigenvalue weighted by Gasteiger charge is 2.11. The fourth-order valence-electron chi connectivity index (χ4n) is 1.69. The minimum absolute atomic E-state index is 0.125. The Bertz CT molecular complexity index is 750. The molecule has 0 aromatic heterocycles. The summed E-state index contributed by atoms with van der Waals surface area (Å²) in [5.74, 6) is -1.87. The Labute approximate surface area is 137 Å². The minimum atomic E-state index is -0.673. The van der Waals surface area contributed by atoms with Crippen LogP contribution in [0, 0.1) is 5.82 Å². The minimum Gasteiger partial charge on any atom is -0.343 e. The first-order valence-electron chi connectivity index (χ1n) is 6.67. The predicted octanol–water partition coefficient (Wildman–Crippen LogP) is 2.36. The third kappa shape index (κ3) is 4.89. The number of hydrazone groups is 1. The smallest absolute Gasteiger partial charge is 0.259 e. The molecule has 0 aliphatic heterocycles. The van der Waals surface area contributed by atoms with E-state index in [-0.39, 0.29) is 12.1 Å². The summed E-state index contributed by atoms with van der Waals surface area (Å²) in [5.41, 5.74) is 2.76. The maximum atomic E-state index is 13.4. The lowest BCUT2D eigenvalue weighted by atomic mass is 10.2. The molecule has 0 radical (unpaired) electrons. The molecule has 2 amide bonds. The number of benzene rings is 2. The van der Waals surface area contributed by atoms with Crippen molar-refractivity contribution in [1.29, 1.82) is 0 Å². The van der Waals surface area contributed by atoms with Crippen LogP contribution in [0.4, 0.5) is 4.39 Å². The molecule has 7 heteroatoms. The number of carbonyl (C=O) groups excluding carboxylic acids is 2. The summed E-state index contributed by atoms with van der Waals surface area (Å²) in [6.07, 6.45) is 1.39. The molecular formula is C16H13ClFN3O2. The molecule has 118 valence electrons. The van der Waals surface area contributed by atoms with Gasteiger partial charge in [0.25, 0.3) is 11.8 Å². The second kappa shape index (κ2) is 8.05. The third-order valence-corrected chi connectivity index (χ3v) is 3.17. The largest absolute Gasteiger partial charge is 0.343 e. The van der Waals surface area contributed by atoms with Gasteiger partial charge in [0.2, 0.25) is 0 Å². The first-order valence-corrected chi connectivity index (χ1v) is 7.05. The molecule has 0 aliphatic carbocycles. The van der Waals surface area contributed by atoms with Gasteiger partial charge in [-0.3, -0.25) is 9.59 Å². The lowest BCUT2D eigenvalue weighted by Gasteiger charge is -2.05. The van der Waals surface area contributed by atoms with Crippen molar-refractivity contribution in [3.05, 3.63) is 70.5 Å². The molecule has 0 unspecified atom stereocenters. The van der Waals surface area contributed by atoms with Crippen LogP contribution in [0.1, 0.15) is 15.9 Å². The van der Waals surface area contributed by atoms with E-state index in [1.165, 1.54) is 30.5 Å². The summed E-state index contributed by atoms with van der Waals surface area (Å²) >= 11 is 5.93. The van der Waals surface area contributed by atoms with Gasteiger partial charge in [-0.1, -0.05) is 41.9 Å². The van der Waals surface area contributed by atoms with Crippen LogP contribution in [0.3, 0.4) is 0 Å². The highest BCUT2D eigenvalue weighted by Crippen LogP contribution is 2.12. The Morgan fingerprint density at radius 3 is 2.57 bits per heavy atom. The molecule has 0 saturated heterocycles. The van der Waals surface area contributed by atoms with Gasteiger partial charge in [-0.25, -0.2) is 9.82 Å². The number of amides is 2. The molecular weight excluding hydrogens is 321 g/mol. The van der Waals surface area contributed by atoms with Crippen LogP contribution in [0.5, 0.6) is 0 Å². The first kappa shape index (κ1) is 16.6. The lowest BCUT2D eigenvalue weighted by molar-refractivity contribution is -0.120. The second-order valence-electron chi connectivity index (χ2n) is 4.48. The molecule has 0 atom stereocenters. The van der Waals surface area contributed by atoms with Gasteiger partial charge in [0, 0.05) is 10.6 Å². The summed E-state index contributed by atoms with van der Waals surface area (Å²) < 4.78 is 13.4. The molecule has 0 fully saturated rings. The Hall–Kier alpha value is -2.73. The van der Waals surface area contributed by atoms with Crippen LogP contribution in [0.25, 0.3) is 0 Å². The molecule has 0 bridgehead atoms. The van der Waals surface area contributed by atoms with E-state index < -0.39 is 17.6 Å². The van der Waals surface area contributed by atoms with Crippen LogP contribution in [0.15, 0.2) is 53.6 Å². The number of hydrogen-bond donors (Lipinski definition) is 2. The predicted molar refractivity (Wildman–Crippen MR) is 85.9 cm³/mol. The summed E-state index contributed by atoms with van der Waals surface area (Å²) in [7, 11) is 0. The summed E-state index contributed by atoms with van der Waals surface area (Å²) in [4.78, 5) is 23.3. The van der Waals surface area contributed by atoms with Crippen LogP contribution in [-0.2, 0) is 4.79 Å². The Morgan fingerprint density at radius 1 is 1.13 bits per heavy atom. The standard InChI is InChI=1S/C16H13ClFN3O2/c17-13-7-3-1-5-11(13)9-20-21-15(22)10-19-16(23)12-6-2-4-8-14(12)18/h1-9H,10H2,(H,19,23)(H,21,22)/b20-9+. The number of nitrogens with zero attached hydrogens (tertiary/aromatic N) is 1. The van der Waals surface area contributed by atoms with Crippen LogP contribution in [0.2, 0.25) is 5.02 Å². The fraction of sp³-hybridized carbons (Fsp3) is 0.0625. The van der Waals surface area contributed by atoms with Crippen LogP contribution >= 0.6 is 11.6 Å². The zero-order valence-corrected chi connectivity index (χ0v) is 12.7. The van der Waals surface area contributed by atoms with E-state index in [9.17, 15) is 14.0 Å². The van der Waals surface area contributed by atoms with Gasteiger partial charge in [-0.2, -0.15) is 5.10 Å². The van der Waals surface area contributed by atoms with Crippen LogP contribution < -0.4 is 10.7 Å². The van der Waals surface area contributed by atoms with Crippen molar-refractivity contribution in [2.24, 2.45) is 5.10 Å². The average molecular weight is 334 g/mol. The number of halogens is 2. The molecule has 2 N–H and O–H groups in total. The Morgan fingerprint density at radius 2 is 1.83 bits per heavy atom.